The fourth-order valence-corrected chi connectivity index (χ4v) is 2.38. The number of carbonyl (C=O) groups is 2. The first-order valence-electron chi connectivity index (χ1n) is 9.00. The van der Waals surface area contributed by atoms with Crippen LogP contribution in [0.25, 0.3) is 6.08 Å². The molecule has 28 heavy (non-hydrogen) atoms. The van der Waals surface area contributed by atoms with Crippen molar-refractivity contribution in [2.75, 3.05) is 19.0 Å². The summed E-state index contributed by atoms with van der Waals surface area (Å²) in [7, 11) is 1.56. The number of ether oxygens (including phenoxy) is 3. The van der Waals surface area contributed by atoms with E-state index in [1.165, 1.54) is 13.0 Å². The maximum absolute atomic E-state index is 12.2. The first-order chi connectivity index (χ1) is 13.4. The van der Waals surface area contributed by atoms with Gasteiger partial charge < -0.3 is 19.5 Å². The Morgan fingerprint density at radius 3 is 2.46 bits per heavy atom. The van der Waals surface area contributed by atoms with Gasteiger partial charge >= 0.3 is 5.97 Å². The second kappa shape index (κ2) is 10.2. The summed E-state index contributed by atoms with van der Waals surface area (Å²) >= 11 is 0. The average Bonchev–Trinajstić information content (AvgIpc) is 2.68. The minimum atomic E-state index is -0.923. The SMILES string of the molecule is CCOc1cc(/C=C/C(=O)O[C@@H](C)C(=O)Nc2ccc(C)cc2)ccc1OC. The molecule has 0 spiro atoms. The third kappa shape index (κ3) is 6.16. The topological polar surface area (TPSA) is 73.9 Å². The van der Waals surface area contributed by atoms with Gasteiger partial charge in [0.05, 0.1) is 13.7 Å². The molecule has 0 aliphatic rings. The number of benzene rings is 2. The molecule has 1 N–H and O–H groups in total. The Labute approximate surface area is 165 Å². The lowest BCUT2D eigenvalue weighted by molar-refractivity contribution is -0.148. The van der Waals surface area contributed by atoms with Gasteiger partial charge in [-0.1, -0.05) is 23.8 Å². The van der Waals surface area contributed by atoms with Crippen LogP contribution >= 0.6 is 0 Å². The van der Waals surface area contributed by atoms with Crippen LogP contribution in [0.3, 0.4) is 0 Å². The van der Waals surface area contributed by atoms with Crippen molar-refractivity contribution in [3.8, 4) is 11.5 Å². The molecule has 0 fully saturated rings. The highest BCUT2D eigenvalue weighted by Crippen LogP contribution is 2.28. The van der Waals surface area contributed by atoms with E-state index in [1.807, 2.05) is 26.0 Å². The minimum absolute atomic E-state index is 0.395. The summed E-state index contributed by atoms with van der Waals surface area (Å²) in [6, 6.07) is 12.7. The van der Waals surface area contributed by atoms with Crippen molar-refractivity contribution in [3.05, 3.63) is 59.7 Å². The number of rotatable bonds is 8. The zero-order valence-corrected chi connectivity index (χ0v) is 16.5. The van der Waals surface area contributed by atoms with Crippen molar-refractivity contribution in [1.82, 2.24) is 0 Å². The van der Waals surface area contributed by atoms with Gasteiger partial charge in [-0.3, -0.25) is 4.79 Å². The van der Waals surface area contributed by atoms with E-state index in [4.69, 9.17) is 14.2 Å². The molecule has 0 unspecified atom stereocenters. The molecule has 2 aromatic rings. The molecule has 0 heterocycles. The van der Waals surface area contributed by atoms with Crippen molar-refractivity contribution in [2.45, 2.75) is 26.9 Å². The van der Waals surface area contributed by atoms with Gasteiger partial charge in [-0.05, 0) is 56.7 Å². The summed E-state index contributed by atoms with van der Waals surface area (Å²) in [5.74, 6) is 0.198. The Morgan fingerprint density at radius 2 is 1.82 bits per heavy atom. The van der Waals surface area contributed by atoms with Crippen LogP contribution in [0.15, 0.2) is 48.5 Å². The number of carbonyl (C=O) groups excluding carboxylic acids is 2. The van der Waals surface area contributed by atoms with Gasteiger partial charge in [0.25, 0.3) is 5.91 Å². The Hall–Kier alpha value is -3.28. The lowest BCUT2D eigenvalue weighted by Crippen LogP contribution is -2.29. The summed E-state index contributed by atoms with van der Waals surface area (Å²) in [5.41, 5.74) is 2.49. The predicted octanol–water partition coefficient (Wildman–Crippen LogP) is 3.99. The molecule has 148 valence electrons. The molecule has 2 rings (SSSR count). The van der Waals surface area contributed by atoms with Crippen LogP contribution in [-0.2, 0) is 14.3 Å². The first kappa shape index (κ1) is 21.0. The second-order valence-electron chi connectivity index (χ2n) is 6.11. The van der Waals surface area contributed by atoms with Gasteiger partial charge in [0.1, 0.15) is 0 Å². The number of hydrogen-bond acceptors (Lipinski definition) is 5. The highest BCUT2D eigenvalue weighted by molar-refractivity contribution is 5.96. The zero-order valence-electron chi connectivity index (χ0n) is 16.5. The maximum atomic E-state index is 12.2. The third-order valence-corrected chi connectivity index (χ3v) is 3.88. The van der Waals surface area contributed by atoms with E-state index >= 15 is 0 Å². The van der Waals surface area contributed by atoms with Crippen LogP contribution in [0.1, 0.15) is 25.0 Å². The molecule has 0 aliphatic heterocycles. The highest BCUT2D eigenvalue weighted by Gasteiger charge is 2.16. The number of methoxy groups -OCH3 is 1. The fraction of sp³-hybridized carbons (Fsp3) is 0.273. The number of aryl methyl sites for hydroxylation is 1. The largest absolute Gasteiger partial charge is 0.493 e. The highest BCUT2D eigenvalue weighted by atomic mass is 16.5. The van der Waals surface area contributed by atoms with E-state index < -0.39 is 18.0 Å². The first-order valence-corrected chi connectivity index (χ1v) is 9.00. The number of nitrogens with one attached hydrogen (secondary N) is 1. The lowest BCUT2D eigenvalue weighted by Gasteiger charge is -2.12. The smallest absolute Gasteiger partial charge is 0.331 e. The summed E-state index contributed by atoms with van der Waals surface area (Å²) in [6.45, 7) is 5.86. The second-order valence-corrected chi connectivity index (χ2v) is 6.11. The average molecular weight is 383 g/mol. The van der Waals surface area contributed by atoms with Crippen LogP contribution in [0, 0.1) is 6.92 Å². The van der Waals surface area contributed by atoms with Crippen LogP contribution < -0.4 is 14.8 Å². The summed E-state index contributed by atoms with van der Waals surface area (Å²) < 4.78 is 15.9. The van der Waals surface area contributed by atoms with Crippen molar-refractivity contribution in [2.24, 2.45) is 0 Å². The number of esters is 1. The third-order valence-electron chi connectivity index (χ3n) is 3.88. The van der Waals surface area contributed by atoms with Crippen molar-refractivity contribution < 1.29 is 23.8 Å². The van der Waals surface area contributed by atoms with Crippen molar-refractivity contribution >= 4 is 23.6 Å². The minimum Gasteiger partial charge on any atom is -0.493 e. The predicted molar refractivity (Wildman–Crippen MR) is 109 cm³/mol. The molecular weight excluding hydrogens is 358 g/mol. The van der Waals surface area contributed by atoms with Gasteiger partial charge in [0, 0.05) is 11.8 Å². The lowest BCUT2D eigenvalue weighted by atomic mass is 10.2. The van der Waals surface area contributed by atoms with Crippen molar-refractivity contribution in [1.29, 1.82) is 0 Å². The summed E-state index contributed by atoms with van der Waals surface area (Å²) in [4.78, 5) is 24.2. The number of amides is 1. The Bertz CT molecular complexity index is 843. The Balaban J connectivity index is 1.94. The van der Waals surface area contributed by atoms with E-state index in [0.29, 0.717) is 23.8 Å². The molecule has 6 nitrogen and oxygen atoms in total. The maximum Gasteiger partial charge on any atom is 0.331 e. The van der Waals surface area contributed by atoms with E-state index in [9.17, 15) is 9.59 Å². The molecule has 6 heteroatoms. The normalized spacial score (nSPS) is 11.7. The summed E-state index contributed by atoms with van der Waals surface area (Å²) in [5, 5.41) is 2.71. The molecule has 0 saturated heterocycles. The molecule has 2 aromatic carbocycles. The number of anilines is 1. The van der Waals surface area contributed by atoms with E-state index in [2.05, 4.69) is 5.32 Å². The van der Waals surface area contributed by atoms with Gasteiger partial charge in [-0.15, -0.1) is 0 Å². The Morgan fingerprint density at radius 1 is 1.11 bits per heavy atom. The molecule has 0 aromatic heterocycles. The molecular formula is C22H25NO5. The zero-order chi connectivity index (χ0) is 20.5. The van der Waals surface area contributed by atoms with E-state index in [0.717, 1.165) is 11.1 Å². The van der Waals surface area contributed by atoms with Crippen LogP contribution in [-0.4, -0.2) is 31.7 Å². The molecule has 0 saturated carbocycles. The standard InChI is InChI=1S/C22H25NO5/c1-5-27-20-14-17(8-12-19(20)26-4)9-13-21(24)28-16(3)22(25)23-18-10-6-15(2)7-11-18/h6-14,16H,5H2,1-4H3,(H,23,25)/b13-9+/t16-/m0/s1. The molecule has 1 amide bonds. The van der Waals surface area contributed by atoms with E-state index in [-0.39, 0.29) is 0 Å². The van der Waals surface area contributed by atoms with E-state index in [1.54, 1.807) is 43.5 Å². The summed E-state index contributed by atoms with van der Waals surface area (Å²) in [6.07, 6.45) is 1.94. The molecule has 0 bridgehead atoms. The van der Waals surface area contributed by atoms with Crippen molar-refractivity contribution in [3.63, 3.8) is 0 Å². The van der Waals surface area contributed by atoms with Crippen LogP contribution in [0.2, 0.25) is 0 Å². The quantitative estimate of drug-likeness (QED) is 0.551. The monoisotopic (exact) mass is 383 g/mol. The molecule has 0 radical (unpaired) electrons. The number of hydrogen-bond donors (Lipinski definition) is 1. The van der Waals surface area contributed by atoms with Gasteiger partial charge in [-0.2, -0.15) is 0 Å². The van der Waals surface area contributed by atoms with Crippen LogP contribution in [0.5, 0.6) is 11.5 Å². The Kier molecular flexibility index (Phi) is 7.63. The molecule has 1 atom stereocenters. The van der Waals surface area contributed by atoms with Crippen LogP contribution in [0.4, 0.5) is 5.69 Å². The van der Waals surface area contributed by atoms with Gasteiger partial charge in [-0.25, -0.2) is 4.79 Å². The fourth-order valence-electron chi connectivity index (χ4n) is 2.38. The van der Waals surface area contributed by atoms with Gasteiger partial charge in [0.15, 0.2) is 17.6 Å². The van der Waals surface area contributed by atoms with Gasteiger partial charge in [0.2, 0.25) is 0 Å². The molecule has 0 aliphatic carbocycles.